The van der Waals surface area contributed by atoms with Crippen LogP contribution >= 0.6 is 0 Å². The lowest BCUT2D eigenvalue weighted by Gasteiger charge is -2.41. The molecule has 6 nitrogen and oxygen atoms in total. The largest absolute Gasteiger partial charge is 0.387 e. The van der Waals surface area contributed by atoms with Gasteiger partial charge in [-0.25, -0.2) is 8.42 Å². The molecule has 0 saturated heterocycles. The third-order valence-corrected chi connectivity index (χ3v) is 6.97. The average Bonchev–Trinajstić information content (AvgIpc) is 2.92. The van der Waals surface area contributed by atoms with E-state index in [1.165, 1.54) is 4.31 Å². The fourth-order valence-electron chi connectivity index (χ4n) is 3.61. The van der Waals surface area contributed by atoms with E-state index in [9.17, 15) is 13.5 Å². The Morgan fingerprint density at radius 2 is 1.96 bits per heavy atom. The summed E-state index contributed by atoms with van der Waals surface area (Å²) in [5.41, 5.74) is 2.31. The van der Waals surface area contributed by atoms with Gasteiger partial charge in [-0.2, -0.15) is 9.40 Å². The molecule has 1 aromatic heterocycles. The van der Waals surface area contributed by atoms with Crippen LogP contribution in [-0.4, -0.2) is 39.7 Å². The molecule has 0 radical (unpaired) electrons. The molecular formula is C18H25N3O3S. The standard InChI is InChI=1S/C18H25N3O3S/c1-5-20-11-14(13(4)19-20)10-16-18(22)15-8-6-7-9-17(15)25(23,24)21(16)12(2)3/h6-9,11-12,16,18,22H,5,10H2,1-4H3. The highest BCUT2D eigenvalue weighted by molar-refractivity contribution is 7.89. The molecule has 3 rings (SSSR count). The molecule has 2 aromatic rings. The van der Waals surface area contributed by atoms with Crippen LogP contribution in [0.25, 0.3) is 0 Å². The number of hydrogen-bond acceptors (Lipinski definition) is 4. The van der Waals surface area contributed by atoms with Crippen LogP contribution in [0.4, 0.5) is 0 Å². The number of nitrogens with zero attached hydrogens (tertiary/aromatic N) is 3. The van der Waals surface area contributed by atoms with Crippen LogP contribution in [0.2, 0.25) is 0 Å². The Morgan fingerprint density at radius 3 is 2.56 bits per heavy atom. The van der Waals surface area contributed by atoms with Crippen LogP contribution in [-0.2, 0) is 23.0 Å². The molecule has 0 saturated carbocycles. The van der Waals surface area contributed by atoms with Crippen molar-refractivity contribution in [3.63, 3.8) is 0 Å². The predicted molar refractivity (Wildman–Crippen MR) is 95.7 cm³/mol. The molecule has 25 heavy (non-hydrogen) atoms. The molecule has 0 spiro atoms. The van der Waals surface area contributed by atoms with Crippen molar-refractivity contribution in [2.75, 3.05) is 0 Å². The number of hydrogen-bond donors (Lipinski definition) is 1. The van der Waals surface area contributed by atoms with Gasteiger partial charge in [0.15, 0.2) is 0 Å². The first kappa shape index (κ1) is 18.1. The van der Waals surface area contributed by atoms with Gasteiger partial charge in [0, 0.05) is 24.3 Å². The second kappa shape index (κ2) is 6.55. The second-order valence-corrected chi connectivity index (χ2v) is 8.59. The van der Waals surface area contributed by atoms with Crippen LogP contribution in [0.3, 0.4) is 0 Å². The van der Waals surface area contributed by atoms with Crippen molar-refractivity contribution in [1.82, 2.24) is 14.1 Å². The van der Waals surface area contributed by atoms with Crippen LogP contribution in [0.15, 0.2) is 35.4 Å². The lowest BCUT2D eigenvalue weighted by molar-refractivity contribution is 0.0684. The summed E-state index contributed by atoms with van der Waals surface area (Å²) in [4.78, 5) is 0.202. The fourth-order valence-corrected chi connectivity index (χ4v) is 5.67. The Hall–Kier alpha value is -1.70. The first-order valence-electron chi connectivity index (χ1n) is 8.60. The normalized spacial score (nSPS) is 23.0. The quantitative estimate of drug-likeness (QED) is 0.904. The first-order valence-corrected chi connectivity index (χ1v) is 10.0. The molecule has 0 aliphatic carbocycles. The lowest BCUT2D eigenvalue weighted by Crippen LogP contribution is -2.52. The summed E-state index contributed by atoms with van der Waals surface area (Å²) in [6, 6.07) is 5.93. The maximum absolute atomic E-state index is 13.1. The third-order valence-electron chi connectivity index (χ3n) is 4.79. The van der Waals surface area contributed by atoms with Crippen molar-refractivity contribution in [1.29, 1.82) is 0 Å². The molecule has 1 aliphatic heterocycles. The molecule has 136 valence electrons. The van der Waals surface area contributed by atoms with Crippen molar-refractivity contribution in [3.05, 3.63) is 47.3 Å². The highest BCUT2D eigenvalue weighted by Gasteiger charge is 2.45. The van der Waals surface area contributed by atoms with E-state index in [4.69, 9.17) is 0 Å². The highest BCUT2D eigenvalue weighted by Crippen LogP contribution is 2.39. The van der Waals surface area contributed by atoms with Crippen molar-refractivity contribution in [3.8, 4) is 0 Å². The van der Waals surface area contributed by atoms with Crippen LogP contribution in [0, 0.1) is 6.92 Å². The number of sulfonamides is 1. The summed E-state index contributed by atoms with van der Waals surface area (Å²) >= 11 is 0. The van der Waals surface area contributed by atoms with Gasteiger partial charge in [0.05, 0.1) is 22.7 Å². The number of aliphatic hydroxyl groups is 1. The Balaban J connectivity index is 2.09. The van der Waals surface area contributed by atoms with Gasteiger partial charge in [-0.15, -0.1) is 0 Å². The number of aryl methyl sites for hydroxylation is 2. The molecule has 1 N–H and O–H groups in total. The monoisotopic (exact) mass is 363 g/mol. The molecule has 7 heteroatoms. The fraction of sp³-hybridized carbons (Fsp3) is 0.500. The molecular weight excluding hydrogens is 338 g/mol. The van der Waals surface area contributed by atoms with Gasteiger partial charge in [0.25, 0.3) is 0 Å². The van der Waals surface area contributed by atoms with E-state index in [0.717, 1.165) is 17.8 Å². The Kier molecular flexibility index (Phi) is 4.74. The van der Waals surface area contributed by atoms with Crippen LogP contribution in [0.5, 0.6) is 0 Å². The summed E-state index contributed by atoms with van der Waals surface area (Å²) in [5, 5.41) is 15.4. The van der Waals surface area contributed by atoms with E-state index >= 15 is 0 Å². The zero-order valence-electron chi connectivity index (χ0n) is 15.0. The summed E-state index contributed by atoms with van der Waals surface area (Å²) in [6.45, 7) is 8.36. The van der Waals surface area contributed by atoms with E-state index in [0.29, 0.717) is 12.0 Å². The number of rotatable bonds is 4. The molecule has 0 bridgehead atoms. The van der Waals surface area contributed by atoms with Gasteiger partial charge >= 0.3 is 0 Å². The minimum Gasteiger partial charge on any atom is -0.387 e. The van der Waals surface area contributed by atoms with Crippen LogP contribution < -0.4 is 0 Å². The second-order valence-electron chi connectivity index (χ2n) is 6.78. The van der Waals surface area contributed by atoms with E-state index in [1.54, 1.807) is 24.3 Å². The maximum atomic E-state index is 13.1. The molecule has 0 amide bonds. The summed E-state index contributed by atoms with van der Waals surface area (Å²) < 4.78 is 29.5. The number of benzene rings is 1. The molecule has 2 unspecified atom stereocenters. The number of aromatic nitrogens is 2. The van der Waals surface area contributed by atoms with Crippen molar-refractivity contribution in [2.45, 2.75) is 63.7 Å². The maximum Gasteiger partial charge on any atom is 0.244 e. The summed E-state index contributed by atoms with van der Waals surface area (Å²) in [6.07, 6.45) is 1.50. The van der Waals surface area contributed by atoms with E-state index in [2.05, 4.69) is 5.10 Å². The number of fused-ring (bicyclic) bond motifs is 1. The van der Waals surface area contributed by atoms with Gasteiger partial charge in [-0.1, -0.05) is 18.2 Å². The third kappa shape index (κ3) is 3.01. The number of aliphatic hydroxyl groups excluding tert-OH is 1. The Bertz CT molecular complexity index is 873. The van der Waals surface area contributed by atoms with E-state index in [-0.39, 0.29) is 10.9 Å². The molecule has 0 fully saturated rings. The van der Waals surface area contributed by atoms with Gasteiger partial charge in [0.2, 0.25) is 10.0 Å². The minimum absolute atomic E-state index is 0.202. The van der Waals surface area contributed by atoms with Crippen molar-refractivity contribution in [2.24, 2.45) is 0 Å². The van der Waals surface area contributed by atoms with E-state index in [1.807, 2.05) is 38.6 Å². The highest BCUT2D eigenvalue weighted by atomic mass is 32.2. The first-order chi connectivity index (χ1) is 11.8. The zero-order chi connectivity index (χ0) is 18.4. The van der Waals surface area contributed by atoms with E-state index < -0.39 is 22.2 Å². The lowest BCUT2D eigenvalue weighted by atomic mass is 9.95. The van der Waals surface area contributed by atoms with Crippen molar-refractivity contribution >= 4 is 10.0 Å². The van der Waals surface area contributed by atoms with Gasteiger partial charge in [0.1, 0.15) is 0 Å². The Morgan fingerprint density at radius 1 is 1.28 bits per heavy atom. The smallest absolute Gasteiger partial charge is 0.244 e. The van der Waals surface area contributed by atoms with Gasteiger partial charge in [-0.3, -0.25) is 4.68 Å². The van der Waals surface area contributed by atoms with Crippen molar-refractivity contribution < 1.29 is 13.5 Å². The molecule has 1 aromatic carbocycles. The SMILES string of the molecule is CCn1cc(CC2C(O)c3ccccc3S(=O)(=O)N2C(C)C)c(C)n1. The minimum atomic E-state index is -3.65. The zero-order valence-corrected chi connectivity index (χ0v) is 15.9. The molecule has 2 atom stereocenters. The van der Waals surface area contributed by atoms with Gasteiger partial charge < -0.3 is 5.11 Å². The Labute approximate surface area is 149 Å². The summed E-state index contributed by atoms with van der Waals surface area (Å²) in [5.74, 6) is 0. The predicted octanol–water partition coefficient (Wildman–Crippen LogP) is 2.27. The topological polar surface area (TPSA) is 75.4 Å². The van der Waals surface area contributed by atoms with Crippen LogP contribution in [0.1, 0.15) is 43.7 Å². The average molecular weight is 363 g/mol. The molecule has 1 aliphatic rings. The molecule has 2 heterocycles. The van der Waals surface area contributed by atoms with Gasteiger partial charge in [-0.05, 0) is 45.7 Å². The summed E-state index contributed by atoms with van der Waals surface area (Å²) in [7, 11) is -3.65.